The number of hydrogen-bond donors (Lipinski definition) is 0. The summed E-state index contributed by atoms with van der Waals surface area (Å²) < 4.78 is 1.68. The van der Waals surface area contributed by atoms with Crippen LogP contribution in [0, 0.1) is 6.92 Å². The number of aromatic nitrogens is 2. The summed E-state index contributed by atoms with van der Waals surface area (Å²) in [6.45, 7) is 3.75. The molecule has 1 amide bonds. The van der Waals surface area contributed by atoms with Gasteiger partial charge in [-0.15, -0.1) is 0 Å². The third-order valence-corrected chi connectivity index (χ3v) is 1.94. The predicted octanol–water partition coefficient (Wildman–Crippen LogP) is 0.841. The molecule has 0 saturated heterocycles. The number of carbonyl (C=O) groups is 1. The minimum Gasteiger partial charge on any atom is -0.347 e. The van der Waals surface area contributed by atoms with Crippen molar-refractivity contribution in [3.63, 3.8) is 0 Å². The number of nitrogens with zero attached hydrogens (tertiary/aromatic N) is 3. The van der Waals surface area contributed by atoms with E-state index in [0.29, 0.717) is 0 Å². The Balaban J connectivity index is 2.79. The van der Waals surface area contributed by atoms with Gasteiger partial charge in [0.15, 0.2) is 0 Å². The highest BCUT2D eigenvalue weighted by Gasteiger charge is 2.16. The highest BCUT2D eigenvalue weighted by Crippen LogP contribution is 2.07. The van der Waals surface area contributed by atoms with Gasteiger partial charge in [0.2, 0.25) is 5.91 Å². The molecular formula is C9H15N3O. The van der Waals surface area contributed by atoms with Crippen molar-refractivity contribution in [1.82, 2.24) is 14.7 Å². The Kier molecular flexibility index (Phi) is 2.70. The van der Waals surface area contributed by atoms with Crippen molar-refractivity contribution in [2.45, 2.75) is 19.9 Å². The van der Waals surface area contributed by atoms with Crippen molar-refractivity contribution < 1.29 is 4.79 Å². The van der Waals surface area contributed by atoms with Crippen LogP contribution in [0.15, 0.2) is 12.3 Å². The van der Waals surface area contributed by atoms with E-state index in [-0.39, 0.29) is 11.9 Å². The van der Waals surface area contributed by atoms with E-state index in [1.54, 1.807) is 23.7 Å². The van der Waals surface area contributed by atoms with Crippen molar-refractivity contribution in [3.8, 4) is 0 Å². The number of likely N-dealkylation sites (N-methyl/N-ethyl adjacent to an activating group) is 1. The number of carbonyl (C=O) groups excluding carboxylic acids is 1. The fraction of sp³-hybridized carbons (Fsp3) is 0.556. The first-order chi connectivity index (χ1) is 6.02. The first kappa shape index (κ1) is 9.77. The smallest absolute Gasteiger partial charge is 0.246 e. The van der Waals surface area contributed by atoms with Gasteiger partial charge in [0.25, 0.3) is 0 Å². The molecule has 72 valence electrons. The minimum absolute atomic E-state index is 0.0584. The second-order valence-corrected chi connectivity index (χ2v) is 3.35. The zero-order valence-corrected chi connectivity index (χ0v) is 8.48. The molecule has 0 fully saturated rings. The maximum atomic E-state index is 11.5. The maximum absolute atomic E-state index is 11.5. The Hall–Kier alpha value is -1.32. The third kappa shape index (κ3) is 2.08. The molecule has 0 saturated carbocycles. The van der Waals surface area contributed by atoms with Gasteiger partial charge in [0, 0.05) is 20.3 Å². The molecule has 1 rings (SSSR count). The van der Waals surface area contributed by atoms with Crippen LogP contribution in [0.5, 0.6) is 0 Å². The first-order valence-electron chi connectivity index (χ1n) is 4.25. The van der Waals surface area contributed by atoms with Crippen LogP contribution < -0.4 is 0 Å². The highest BCUT2D eigenvalue weighted by molar-refractivity contribution is 5.79. The highest BCUT2D eigenvalue weighted by atomic mass is 16.2. The van der Waals surface area contributed by atoms with Crippen LogP contribution in [0.3, 0.4) is 0 Å². The van der Waals surface area contributed by atoms with E-state index in [0.717, 1.165) is 5.69 Å². The van der Waals surface area contributed by atoms with Crippen molar-refractivity contribution in [2.24, 2.45) is 0 Å². The SMILES string of the molecule is Cc1ccn(C(C)C(=O)N(C)C)n1. The van der Waals surface area contributed by atoms with Gasteiger partial charge in [0.05, 0.1) is 5.69 Å². The van der Waals surface area contributed by atoms with Gasteiger partial charge in [-0.3, -0.25) is 9.48 Å². The summed E-state index contributed by atoms with van der Waals surface area (Å²) in [4.78, 5) is 13.1. The molecule has 4 heteroatoms. The predicted molar refractivity (Wildman–Crippen MR) is 50.4 cm³/mol. The van der Waals surface area contributed by atoms with E-state index >= 15 is 0 Å². The number of aryl methyl sites for hydroxylation is 1. The van der Waals surface area contributed by atoms with E-state index < -0.39 is 0 Å². The van der Waals surface area contributed by atoms with Gasteiger partial charge in [-0.1, -0.05) is 0 Å². The van der Waals surface area contributed by atoms with Gasteiger partial charge >= 0.3 is 0 Å². The lowest BCUT2D eigenvalue weighted by atomic mass is 10.3. The van der Waals surface area contributed by atoms with Crippen LogP contribution in [-0.4, -0.2) is 34.7 Å². The summed E-state index contributed by atoms with van der Waals surface area (Å²) in [6, 6.07) is 1.67. The summed E-state index contributed by atoms with van der Waals surface area (Å²) in [5.74, 6) is 0.0584. The summed E-state index contributed by atoms with van der Waals surface area (Å²) in [6.07, 6.45) is 1.82. The topological polar surface area (TPSA) is 38.1 Å². The Morgan fingerprint density at radius 1 is 1.62 bits per heavy atom. The lowest BCUT2D eigenvalue weighted by Gasteiger charge is -2.16. The third-order valence-electron chi connectivity index (χ3n) is 1.94. The van der Waals surface area contributed by atoms with E-state index in [4.69, 9.17) is 0 Å². The number of rotatable bonds is 2. The molecule has 1 atom stereocenters. The average Bonchev–Trinajstić information content (AvgIpc) is 2.49. The quantitative estimate of drug-likeness (QED) is 0.678. The largest absolute Gasteiger partial charge is 0.347 e. The fourth-order valence-electron chi connectivity index (χ4n) is 1.14. The fourth-order valence-corrected chi connectivity index (χ4v) is 1.14. The second-order valence-electron chi connectivity index (χ2n) is 3.35. The molecule has 13 heavy (non-hydrogen) atoms. The van der Waals surface area contributed by atoms with Crippen LogP contribution >= 0.6 is 0 Å². The molecule has 0 bridgehead atoms. The van der Waals surface area contributed by atoms with Gasteiger partial charge < -0.3 is 4.90 Å². The molecule has 1 aromatic rings. The summed E-state index contributed by atoms with van der Waals surface area (Å²) >= 11 is 0. The average molecular weight is 181 g/mol. The molecule has 0 aliphatic heterocycles. The van der Waals surface area contributed by atoms with Crippen molar-refractivity contribution >= 4 is 5.91 Å². The standard InChI is InChI=1S/C9H15N3O/c1-7-5-6-12(10-7)8(2)9(13)11(3)4/h5-6,8H,1-4H3. The first-order valence-corrected chi connectivity index (χ1v) is 4.25. The molecule has 0 spiro atoms. The van der Waals surface area contributed by atoms with E-state index in [2.05, 4.69) is 5.10 Å². The monoisotopic (exact) mass is 181 g/mol. The molecule has 0 aromatic carbocycles. The number of hydrogen-bond acceptors (Lipinski definition) is 2. The van der Waals surface area contributed by atoms with E-state index in [1.807, 2.05) is 26.1 Å². The van der Waals surface area contributed by atoms with Gasteiger partial charge in [-0.2, -0.15) is 5.10 Å². The Labute approximate surface area is 78.1 Å². The van der Waals surface area contributed by atoms with Gasteiger partial charge in [-0.05, 0) is 19.9 Å². The normalized spacial score (nSPS) is 12.6. The van der Waals surface area contributed by atoms with E-state index in [1.165, 1.54) is 0 Å². The molecule has 0 aliphatic carbocycles. The van der Waals surface area contributed by atoms with Crippen molar-refractivity contribution in [3.05, 3.63) is 18.0 Å². The molecule has 0 N–H and O–H groups in total. The summed E-state index contributed by atoms with van der Waals surface area (Å²) in [7, 11) is 3.49. The molecule has 0 aliphatic rings. The molecule has 4 nitrogen and oxygen atoms in total. The van der Waals surface area contributed by atoms with Gasteiger partial charge in [-0.25, -0.2) is 0 Å². The van der Waals surface area contributed by atoms with Crippen LogP contribution in [-0.2, 0) is 4.79 Å². The molecule has 1 aromatic heterocycles. The van der Waals surface area contributed by atoms with Crippen LogP contribution in [0.2, 0.25) is 0 Å². The summed E-state index contributed by atoms with van der Waals surface area (Å²) in [5, 5.41) is 4.18. The van der Waals surface area contributed by atoms with Crippen LogP contribution in [0.1, 0.15) is 18.7 Å². The molecule has 0 radical (unpaired) electrons. The zero-order chi connectivity index (χ0) is 10.0. The molecule has 1 unspecified atom stereocenters. The lowest BCUT2D eigenvalue weighted by Crippen LogP contribution is -2.30. The second kappa shape index (κ2) is 3.60. The maximum Gasteiger partial charge on any atom is 0.246 e. The van der Waals surface area contributed by atoms with Gasteiger partial charge in [0.1, 0.15) is 6.04 Å². The Bertz CT molecular complexity index is 304. The lowest BCUT2D eigenvalue weighted by molar-refractivity contribution is -0.131. The minimum atomic E-state index is -0.219. The van der Waals surface area contributed by atoms with Crippen LogP contribution in [0.4, 0.5) is 0 Å². The zero-order valence-electron chi connectivity index (χ0n) is 8.48. The molecule has 1 heterocycles. The van der Waals surface area contributed by atoms with Crippen molar-refractivity contribution in [2.75, 3.05) is 14.1 Å². The molecular weight excluding hydrogens is 166 g/mol. The van der Waals surface area contributed by atoms with E-state index in [9.17, 15) is 4.79 Å². The number of amides is 1. The Morgan fingerprint density at radius 2 is 2.23 bits per heavy atom. The summed E-state index contributed by atoms with van der Waals surface area (Å²) in [5.41, 5.74) is 0.929. The Morgan fingerprint density at radius 3 is 2.62 bits per heavy atom. The van der Waals surface area contributed by atoms with Crippen molar-refractivity contribution in [1.29, 1.82) is 0 Å². The van der Waals surface area contributed by atoms with Crippen LogP contribution in [0.25, 0.3) is 0 Å².